The zero-order valence-electron chi connectivity index (χ0n) is 15.2. The van der Waals surface area contributed by atoms with Crippen LogP contribution in [-0.4, -0.2) is 29.9 Å². The monoisotopic (exact) mass is 372 g/mol. The molecule has 0 aromatic heterocycles. The molecule has 0 aliphatic carbocycles. The predicted molar refractivity (Wildman–Crippen MR) is 104 cm³/mol. The number of nitrogens with zero attached hydrogens (tertiary/aromatic N) is 1. The second kappa shape index (κ2) is 7.80. The molecule has 1 amide bonds. The van der Waals surface area contributed by atoms with E-state index < -0.39 is 5.25 Å². The molecular formula is C21H25FN2OS. The van der Waals surface area contributed by atoms with Crippen LogP contribution in [-0.2, 0) is 4.79 Å². The fourth-order valence-corrected chi connectivity index (χ4v) is 4.42. The number of amides is 1. The van der Waals surface area contributed by atoms with Crippen molar-refractivity contribution in [1.29, 1.82) is 0 Å². The van der Waals surface area contributed by atoms with E-state index in [2.05, 4.69) is 13.8 Å². The summed E-state index contributed by atoms with van der Waals surface area (Å²) in [7, 11) is 0. The largest absolute Gasteiger partial charge is 0.341 e. The molecule has 3 rings (SSSR count). The molecule has 2 atom stereocenters. The minimum Gasteiger partial charge on any atom is -0.341 e. The van der Waals surface area contributed by atoms with Gasteiger partial charge in [-0.25, -0.2) is 4.39 Å². The highest BCUT2D eigenvalue weighted by molar-refractivity contribution is 8.00. The first kappa shape index (κ1) is 18.9. The lowest BCUT2D eigenvalue weighted by Gasteiger charge is -2.43. The predicted octanol–water partition coefficient (Wildman–Crippen LogP) is 4.24. The summed E-state index contributed by atoms with van der Waals surface area (Å²) in [5.74, 6) is -0.281. The van der Waals surface area contributed by atoms with Gasteiger partial charge in [0.15, 0.2) is 0 Å². The Morgan fingerprint density at radius 3 is 2.50 bits per heavy atom. The first-order valence-electron chi connectivity index (χ1n) is 8.89. The van der Waals surface area contributed by atoms with Crippen LogP contribution in [0.2, 0.25) is 0 Å². The summed E-state index contributed by atoms with van der Waals surface area (Å²) in [4.78, 5) is 15.7. The van der Waals surface area contributed by atoms with Gasteiger partial charge >= 0.3 is 0 Å². The molecule has 2 aromatic rings. The molecule has 2 aromatic carbocycles. The van der Waals surface area contributed by atoms with Crippen molar-refractivity contribution in [2.45, 2.75) is 36.5 Å². The van der Waals surface area contributed by atoms with E-state index in [4.69, 9.17) is 5.73 Å². The number of likely N-dealkylation sites (tertiary alicyclic amines) is 1. The lowest BCUT2D eigenvalue weighted by atomic mass is 9.79. The van der Waals surface area contributed by atoms with E-state index in [0.717, 1.165) is 12.0 Å². The number of hydrogen-bond acceptors (Lipinski definition) is 3. The lowest BCUT2D eigenvalue weighted by molar-refractivity contribution is -0.134. The number of rotatable bonds is 4. The summed E-state index contributed by atoms with van der Waals surface area (Å²) < 4.78 is 14.2. The molecule has 3 nitrogen and oxygen atoms in total. The smallest absolute Gasteiger partial charge is 0.240 e. The quantitative estimate of drug-likeness (QED) is 0.817. The SMILES string of the molecule is CC1(C)CN(C(=O)C(Sc2ccccc2F)c2ccccc2)CCC1N. The Balaban J connectivity index is 1.88. The van der Waals surface area contributed by atoms with Gasteiger partial charge in [-0.3, -0.25) is 4.79 Å². The van der Waals surface area contributed by atoms with Gasteiger partial charge in [-0.15, -0.1) is 11.8 Å². The van der Waals surface area contributed by atoms with Gasteiger partial charge < -0.3 is 10.6 Å². The summed E-state index contributed by atoms with van der Waals surface area (Å²) in [6.07, 6.45) is 0.782. The molecule has 26 heavy (non-hydrogen) atoms. The van der Waals surface area contributed by atoms with Crippen molar-refractivity contribution in [2.75, 3.05) is 13.1 Å². The van der Waals surface area contributed by atoms with E-state index in [1.54, 1.807) is 18.2 Å². The van der Waals surface area contributed by atoms with Crippen molar-refractivity contribution in [1.82, 2.24) is 4.90 Å². The molecule has 138 valence electrons. The maximum absolute atomic E-state index is 14.2. The second-order valence-electron chi connectivity index (χ2n) is 7.48. The van der Waals surface area contributed by atoms with Gasteiger partial charge in [-0.05, 0) is 29.5 Å². The van der Waals surface area contributed by atoms with Gasteiger partial charge in [0, 0.05) is 24.0 Å². The third-order valence-corrected chi connectivity index (χ3v) is 6.33. The Morgan fingerprint density at radius 1 is 1.19 bits per heavy atom. The Kier molecular flexibility index (Phi) is 5.68. The fraction of sp³-hybridized carbons (Fsp3) is 0.381. The third kappa shape index (κ3) is 4.10. The summed E-state index contributed by atoms with van der Waals surface area (Å²) in [6, 6.07) is 16.3. The van der Waals surface area contributed by atoms with Crippen LogP contribution in [0.25, 0.3) is 0 Å². The summed E-state index contributed by atoms with van der Waals surface area (Å²) >= 11 is 1.27. The minimum atomic E-state index is -0.474. The molecule has 2 N–H and O–H groups in total. The summed E-state index contributed by atoms with van der Waals surface area (Å²) in [6.45, 7) is 5.45. The normalized spacial score (nSPS) is 20.6. The highest BCUT2D eigenvalue weighted by Crippen LogP contribution is 2.39. The Bertz CT molecular complexity index is 766. The van der Waals surface area contributed by atoms with E-state index in [9.17, 15) is 9.18 Å². The number of carbonyl (C=O) groups excluding carboxylic acids is 1. The van der Waals surface area contributed by atoms with E-state index in [-0.39, 0.29) is 23.2 Å². The van der Waals surface area contributed by atoms with Gasteiger partial charge in [0.1, 0.15) is 11.1 Å². The maximum atomic E-state index is 14.2. The fourth-order valence-electron chi connectivity index (χ4n) is 3.28. The molecule has 0 saturated carbocycles. The number of hydrogen-bond donors (Lipinski definition) is 1. The molecule has 1 saturated heterocycles. The highest BCUT2D eigenvalue weighted by Gasteiger charge is 2.38. The summed E-state index contributed by atoms with van der Waals surface area (Å²) in [5.41, 5.74) is 6.97. The minimum absolute atomic E-state index is 0.0180. The number of nitrogens with two attached hydrogens (primary N) is 1. The van der Waals surface area contributed by atoms with Gasteiger partial charge in [-0.2, -0.15) is 0 Å². The van der Waals surface area contributed by atoms with Crippen LogP contribution >= 0.6 is 11.8 Å². The Hall–Kier alpha value is -1.85. The molecule has 1 aliphatic rings. The van der Waals surface area contributed by atoms with Crippen LogP contribution in [0, 0.1) is 11.2 Å². The number of piperidine rings is 1. The van der Waals surface area contributed by atoms with Crippen LogP contribution in [0.5, 0.6) is 0 Å². The standard InChI is InChI=1S/C21H25FN2OS/c1-21(2)14-24(13-12-18(21)23)20(25)19(15-8-4-3-5-9-15)26-17-11-7-6-10-16(17)22/h3-11,18-19H,12-14,23H2,1-2H3. The molecule has 1 heterocycles. The third-order valence-electron chi connectivity index (χ3n) is 5.03. The zero-order chi connectivity index (χ0) is 18.7. The second-order valence-corrected chi connectivity index (χ2v) is 8.63. The first-order valence-corrected chi connectivity index (χ1v) is 9.77. The topological polar surface area (TPSA) is 46.3 Å². The van der Waals surface area contributed by atoms with Crippen LogP contribution in [0.3, 0.4) is 0 Å². The molecule has 2 unspecified atom stereocenters. The van der Waals surface area contributed by atoms with Crippen LogP contribution in [0.1, 0.15) is 31.1 Å². The maximum Gasteiger partial charge on any atom is 0.240 e. The van der Waals surface area contributed by atoms with Gasteiger partial charge in [0.2, 0.25) is 5.91 Å². The van der Waals surface area contributed by atoms with Crippen molar-refractivity contribution >= 4 is 17.7 Å². The zero-order valence-corrected chi connectivity index (χ0v) is 16.0. The van der Waals surface area contributed by atoms with E-state index in [1.807, 2.05) is 35.2 Å². The number of carbonyl (C=O) groups is 1. The Morgan fingerprint density at radius 2 is 1.85 bits per heavy atom. The lowest BCUT2D eigenvalue weighted by Crippen LogP contribution is -2.54. The average Bonchev–Trinajstić information content (AvgIpc) is 2.63. The number of benzene rings is 2. The van der Waals surface area contributed by atoms with Crippen molar-refractivity contribution in [3.05, 3.63) is 66.0 Å². The van der Waals surface area contributed by atoms with Crippen molar-refractivity contribution in [2.24, 2.45) is 11.1 Å². The van der Waals surface area contributed by atoms with Crippen molar-refractivity contribution < 1.29 is 9.18 Å². The van der Waals surface area contributed by atoms with Crippen LogP contribution in [0.4, 0.5) is 4.39 Å². The molecule has 0 spiro atoms. The van der Waals surface area contributed by atoms with Crippen molar-refractivity contribution in [3.8, 4) is 0 Å². The van der Waals surface area contributed by atoms with Gasteiger partial charge in [0.05, 0.1) is 0 Å². The number of thioether (sulfide) groups is 1. The van der Waals surface area contributed by atoms with Crippen molar-refractivity contribution in [3.63, 3.8) is 0 Å². The van der Waals surface area contributed by atoms with Crippen LogP contribution in [0.15, 0.2) is 59.5 Å². The summed E-state index contributed by atoms with van der Waals surface area (Å²) in [5, 5.41) is -0.474. The van der Waals surface area contributed by atoms with E-state index >= 15 is 0 Å². The first-order chi connectivity index (χ1) is 12.4. The molecule has 5 heteroatoms. The molecule has 1 aliphatic heterocycles. The number of halogens is 1. The Labute approximate surface area is 158 Å². The van der Waals surface area contributed by atoms with Gasteiger partial charge in [-0.1, -0.05) is 56.3 Å². The molecule has 0 radical (unpaired) electrons. The molecule has 1 fully saturated rings. The highest BCUT2D eigenvalue weighted by atomic mass is 32.2. The van der Waals surface area contributed by atoms with Crippen LogP contribution < -0.4 is 5.73 Å². The average molecular weight is 373 g/mol. The molecular weight excluding hydrogens is 347 g/mol. The van der Waals surface area contributed by atoms with E-state index in [0.29, 0.717) is 18.0 Å². The van der Waals surface area contributed by atoms with Gasteiger partial charge in [0.25, 0.3) is 0 Å². The molecule has 0 bridgehead atoms. The van der Waals surface area contributed by atoms with E-state index in [1.165, 1.54) is 17.8 Å².